The molecule has 4 N–H and O–H groups in total. The first-order valence-corrected chi connectivity index (χ1v) is 31.1. The molecular weight excluding hydrogens is 1130 g/mol. The minimum Gasteiger partial charge on any atom is -0.351 e. The summed E-state index contributed by atoms with van der Waals surface area (Å²) in [7, 11) is -8.06. The van der Waals surface area contributed by atoms with Crippen molar-refractivity contribution in [3.63, 3.8) is 0 Å². The van der Waals surface area contributed by atoms with Crippen molar-refractivity contribution in [1.82, 2.24) is 28.7 Å². The van der Waals surface area contributed by atoms with Crippen LogP contribution in [0.4, 0.5) is 20.2 Å². The lowest BCUT2D eigenvalue weighted by atomic mass is 9.94. The fourth-order valence-corrected chi connectivity index (χ4v) is 14.4. The Morgan fingerprint density at radius 1 is 0.526 bits per heavy atom. The van der Waals surface area contributed by atoms with E-state index in [2.05, 4.69) is 20.1 Å². The van der Waals surface area contributed by atoms with Gasteiger partial charge in [-0.15, -0.1) is 23.2 Å². The summed E-state index contributed by atoms with van der Waals surface area (Å²) in [5, 5.41) is 6.68. The summed E-state index contributed by atoms with van der Waals surface area (Å²) >= 11 is 24.5. The van der Waals surface area contributed by atoms with Gasteiger partial charge >= 0.3 is 0 Å². The molecule has 0 spiro atoms. The summed E-state index contributed by atoms with van der Waals surface area (Å²) < 4.78 is 88.1. The average Bonchev–Trinajstić information content (AvgIpc) is 4.25. The number of carbonyl (C=O) groups is 4. The maximum absolute atomic E-state index is 14.5. The third-order valence-corrected chi connectivity index (χ3v) is 18.6. The maximum Gasteiger partial charge on any atom is 0.280 e. The number of benzene rings is 4. The Labute approximate surface area is 476 Å². The van der Waals surface area contributed by atoms with Gasteiger partial charge in [0.1, 0.15) is 35.8 Å². The SMILES string of the molecule is O=C(NC1CCCCC1)[C@@H](c1ccccc1Cl)N(C(=O)[C@@H]1CCCN1S(=O)(=O)NCCCl)c1cccc(F)c1.O=C(NC1CCCCC1)[C@H](c1ccccc1Cl)N(C(=O)[C@@H]1CCCN1S(=O)(=O)NCCCl)c1cccc(F)c1. The Kier molecular flexibility index (Phi) is 22.6. The zero-order chi connectivity index (χ0) is 56.0. The lowest BCUT2D eigenvalue weighted by Gasteiger charge is -2.36. The van der Waals surface area contributed by atoms with Crippen molar-refractivity contribution in [1.29, 1.82) is 0 Å². The zero-order valence-electron chi connectivity index (χ0n) is 43.0. The summed E-state index contributed by atoms with van der Waals surface area (Å²) in [6.07, 6.45) is 10.8. The van der Waals surface area contributed by atoms with Crippen molar-refractivity contribution < 1.29 is 44.8 Å². The summed E-state index contributed by atoms with van der Waals surface area (Å²) in [4.78, 5) is 59.0. The van der Waals surface area contributed by atoms with Gasteiger partial charge in [-0.2, -0.15) is 25.4 Å². The van der Waals surface area contributed by atoms with Crippen LogP contribution in [0.1, 0.15) is 113 Å². The van der Waals surface area contributed by atoms with Gasteiger partial charge in [-0.1, -0.05) is 110 Å². The summed E-state index contributed by atoms with van der Waals surface area (Å²) in [5.41, 5.74) is 0.971. The van der Waals surface area contributed by atoms with Crippen LogP contribution in [0.25, 0.3) is 0 Å². The van der Waals surface area contributed by atoms with Crippen molar-refractivity contribution in [2.24, 2.45) is 0 Å². The molecule has 4 aliphatic rings. The van der Waals surface area contributed by atoms with Crippen LogP contribution in [-0.2, 0) is 39.6 Å². The minimum absolute atomic E-state index is 0.000945. The number of amides is 4. The predicted molar refractivity (Wildman–Crippen MR) is 301 cm³/mol. The van der Waals surface area contributed by atoms with E-state index in [0.717, 1.165) is 85.0 Å². The Morgan fingerprint density at radius 3 is 1.24 bits per heavy atom. The summed E-state index contributed by atoms with van der Waals surface area (Å²) in [6.45, 7) is 0.244. The predicted octanol–water partition coefficient (Wildman–Crippen LogP) is 9.08. The van der Waals surface area contributed by atoms with Gasteiger partial charge in [0.15, 0.2) is 0 Å². The van der Waals surface area contributed by atoms with Gasteiger partial charge in [-0.25, -0.2) is 18.2 Å². The monoisotopic (exact) mass is 1200 g/mol. The second kappa shape index (κ2) is 28.8. The van der Waals surface area contributed by atoms with Crippen molar-refractivity contribution >= 4 is 102 Å². The summed E-state index contributed by atoms with van der Waals surface area (Å²) in [5.74, 6) is -3.27. The largest absolute Gasteiger partial charge is 0.351 e. The van der Waals surface area contributed by atoms with E-state index >= 15 is 0 Å². The number of nitrogens with one attached hydrogen (secondary N) is 4. The molecule has 4 amide bonds. The van der Waals surface area contributed by atoms with Crippen LogP contribution in [-0.4, -0.2) is 111 Å². The molecule has 2 aliphatic carbocycles. The quantitative estimate of drug-likeness (QED) is 0.0629. The number of alkyl halides is 2. The lowest BCUT2D eigenvalue weighted by Crippen LogP contribution is -2.54. The highest BCUT2D eigenvalue weighted by Crippen LogP contribution is 2.38. The molecule has 0 bridgehead atoms. The average molecular weight is 1200 g/mol. The molecule has 0 aromatic heterocycles. The maximum atomic E-state index is 14.5. The molecule has 0 radical (unpaired) electrons. The first kappa shape index (κ1) is 61.1. The topological polar surface area (TPSA) is 198 Å². The standard InChI is InChI=1S/2C27H33Cl2FN4O4S/c2*28-15-16-31-39(37,38)33-17-7-14-24(33)27(36)34(21-11-6-8-19(30)18-21)25(22-12-4-5-13-23(22)29)26(35)32-20-9-2-1-3-10-20/h2*4-6,8,11-13,18,20,24-25,31H,1-3,7,9-10,14-17H2,(H,32,35)/t24-,25+;24-,25-/m00/s1. The molecule has 4 aromatic rings. The normalized spacial score (nSPS) is 19.5. The van der Waals surface area contributed by atoms with Crippen LogP contribution in [0.2, 0.25) is 10.0 Å². The van der Waals surface area contributed by atoms with E-state index in [1.54, 1.807) is 48.5 Å². The van der Waals surface area contributed by atoms with E-state index in [9.17, 15) is 44.8 Å². The molecular formula is C54H66Cl4F2N8O8S2. The van der Waals surface area contributed by atoms with Crippen molar-refractivity contribution in [3.8, 4) is 0 Å². The minimum atomic E-state index is -4.03. The van der Waals surface area contributed by atoms with Gasteiger partial charge in [-0.3, -0.25) is 29.0 Å². The molecule has 2 aliphatic heterocycles. The van der Waals surface area contributed by atoms with Gasteiger partial charge in [0.05, 0.1) is 0 Å². The van der Waals surface area contributed by atoms with Crippen molar-refractivity contribution in [2.45, 2.75) is 126 Å². The fourth-order valence-electron chi connectivity index (χ4n) is 10.7. The highest BCUT2D eigenvalue weighted by Gasteiger charge is 2.47. The Balaban J connectivity index is 0.000000226. The van der Waals surface area contributed by atoms with Crippen LogP contribution in [0.5, 0.6) is 0 Å². The number of halogens is 6. The Hall–Kier alpha value is -4.48. The van der Waals surface area contributed by atoms with Crippen LogP contribution in [0, 0.1) is 11.6 Å². The highest BCUT2D eigenvalue weighted by molar-refractivity contribution is 7.87. The lowest BCUT2D eigenvalue weighted by molar-refractivity contribution is -0.128. The second-order valence-electron chi connectivity index (χ2n) is 19.6. The molecule has 0 unspecified atom stereocenters. The van der Waals surface area contributed by atoms with Gasteiger partial charge < -0.3 is 10.6 Å². The number of hydrogen-bond donors (Lipinski definition) is 4. The van der Waals surface area contributed by atoms with E-state index in [-0.39, 0.29) is 84.3 Å². The van der Waals surface area contributed by atoms with Crippen LogP contribution >= 0.6 is 46.4 Å². The molecule has 8 rings (SSSR count). The Bertz CT molecular complexity index is 2750. The van der Waals surface area contributed by atoms with Crippen molar-refractivity contribution in [3.05, 3.63) is 130 Å². The zero-order valence-corrected chi connectivity index (χ0v) is 47.6. The molecule has 16 nitrogen and oxygen atoms in total. The van der Waals surface area contributed by atoms with Crippen molar-refractivity contribution in [2.75, 3.05) is 47.7 Å². The van der Waals surface area contributed by atoms with Gasteiger partial charge in [0.2, 0.25) is 23.6 Å². The molecule has 4 fully saturated rings. The number of rotatable bonds is 20. The number of hydrogen-bond acceptors (Lipinski definition) is 8. The molecule has 24 heteroatoms. The van der Waals surface area contributed by atoms with E-state index in [1.165, 1.54) is 46.2 Å². The first-order chi connectivity index (χ1) is 37.4. The van der Waals surface area contributed by atoms with E-state index in [1.807, 2.05) is 0 Å². The Morgan fingerprint density at radius 2 is 0.897 bits per heavy atom. The van der Waals surface area contributed by atoms with E-state index in [4.69, 9.17) is 46.4 Å². The summed E-state index contributed by atoms with van der Waals surface area (Å²) in [6, 6.07) is 19.3. The third kappa shape index (κ3) is 15.5. The third-order valence-electron chi connectivity index (χ3n) is 14.3. The molecule has 2 saturated carbocycles. The second-order valence-corrected chi connectivity index (χ2v) is 24.6. The molecule has 4 atom stereocenters. The van der Waals surface area contributed by atoms with Crippen LogP contribution < -0.4 is 29.9 Å². The number of nitrogens with zero attached hydrogens (tertiary/aromatic N) is 4. The molecule has 2 saturated heterocycles. The molecule has 424 valence electrons. The van der Waals surface area contributed by atoms with Gasteiger partial charge in [0, 0.05) is 82.6 Å². The van der Waals surface area contributed by atoms with Gasteiger partial charge in [-0.05, 0) is 99.9 Å². The highest BCUT2D eigenvalue weighted by atomic mass is 35.5. The van der Waals surface area contributed by atoms with Crippen LogP contribution in [0.15, 0.2) is 97.1 Å². The van der Waals surface area contributed by atoms with Crippen LogP contribution in [0.3, 0.4) is 0 Å². The molecule has 4 aromatic carbocycles. The molecule has 78 heavy (non-hydrogen) atoms. The smallest absolute Gasteiger partial charge is 0.280 e. The first-order valence-electron chi connectivity index (χ1n) is 26.4. The molecule has 2 heterocycles. The van der Waals surface area contributed by atoms with E-state index < -0.39 is 79.8 Å². The van der Waals surface area contributed by atoms with Gasteiger partial charge in [0.25, 0.3) is 20.4 Å². The van der Waals surface area contributed by atoms with E-state index in [0.29, 0.717) is 24.0 Å². The number of anilines is 2. The fraction of sp³-hybridized carbons (Fsp3) is 0.481. The number of carbonyl (C=O) groups excluding carboxylic acids is 4.